The van der Waals surface area contributed by atoms with Crippen LogP contribution in [0.25, 0.3) is 0 Å². The Balaban J connectivity index is 0.00000312. The van der Waals surface area contributed by atoms with E-state index in [1.54, 1.807) is 14.2 Å². The molecule has 1 saturated heterocycles. The molecule has 144 valence electrons. The van der Waals surface area contributed by atoms with Gasteiger partial charge in [0.25, 0.3) is 0 Å². The summed E-state index contributed by atoms with van der Waals surface area (Å²) in [5.74, 6) is 5.02. The Morgan fingerprint density at radius 2 is 1.73 bits per heavy atom. The summed E-state index contributed by atoms with van der Waals surface area (Å²) in [4.78, 5) is 4.03. The third-order valence-electron chi connectivity index (χ3n) is 3.81. The maximum atomic E-state index is 10.0. The first-order valence-corrected chi connectivity index (χ1v) is 9.08. The molecule has 1 N–H and O–H groups in total. The zero-order valence-electron chi connectivity index (χ0n) is 15.1. The first-order chi connectivity index (χ1) is 11.4. The van der Waals surface area contributed by atoms with Gasteiger partial charge in [-0.05, 0) is 24.4 Å². The molecule has 1 aromatic rings. The summed E-state index contributed by atoms with van der Waals surface area (Å²) in [7, 11) is 0.391. The Morgan fingerprint density at radius 3 is 2.23 bits per heavy atom. The van der Waals surface area contributed by atoms with Gasteiger partial charge >= 0.3 is 29.6 Å². The van der Waals surface area contributed by atoms with Crippen LogP contribution < -0.4 is 49.2 Å². The number of benzene rings is 1. The van der Waals surface area contributed by atoms with Crippen molar-refractivity contribution in [3.8, 4) is 11.5 Å². The van der Waals surface area contributed by atoms with Crippen molar-refractivity contribution in [1.82, 2.24) is 4.90 Å². The summed E-state index contributed by atoms with van der Waals surface area (Å²) in [5, 5.41) is 13.3. The van der Waals surface area contributed by atoms with E-state index in [2.05, 4.69) is 20.1 Å². The van der Waals surface area contributed by atoms with Crippen LogP contribution in [0.15, 0.2) is 12.1 Å². The standard InChI is InChI=1S/C15H24N2O6S.CH4.Na/c1-12-9-15(21-3)13(10-14(12)20-2)17-7-5-16(6-8-17)11-24(4,19)23-22-18;;/h9-11,18-19H,4-8H2,1-3H3;1H4;/q;;+1/p-1. The largest absolute Gasteiger partial charge is 1.00 e. The number of hydrogen-bond donors (Lipinski definition) is 1. The molecule has 1 heterocycles. The van der Waals surface area contributed by atoms with Gasteiger partial charge in [0, 0.05) is 42.0 Å². The quantitative estimate of drug-likeness (QED) is 0.265. The van der Waals surface area contributed by atoms with Crippen LogP contribution in [0.3, 0.4) is 0 Å². The number of piperazine rings is 1. The summed E-state index contributed by atoms with van der Waals surface area (Å²) in [5.41, 5.74) is 3.37. The minimum atomic E-state index is -2.89. The maximum absolute atomic E-state index is 10.0. The molecule has 1 aliphatic heterocycles. The summed E-state index contributed by atoms with van der Waals surface area (Å²) in [6, 6.07) is 3.91. The molecule has 0 aromatic heterocycles. The predicted octanol–water partition coefficient (Wildman–Crippen LogP) is -1.62. The average Bonchev–Trinajstić information content (AvgIpc) is 2.55. The Morgan fingerprint density at radius 1 is 1.15 bits per heavy atom. The number of aryl methyl sites for hydroxylation is 1. The van der Waals surface area contributed by atoms with Crippen molar-refractivity contribution in [2.75, 3.05) is 45.3 Å². The van der Waals surface area contributed by atoms with Gasteiger partial charge in [0.1, 0.15) is 11.5 Å². The van der Waals surface area contributed by atoms with Gasteiger partial charge in [0.15, 0.2) is 0 Å². The summed E-state index contributed by atoms with van der Waals surface area (Å²) in [6.45, 7) is 4.63. The van der Waals surface area contributed by atoms with E-state index in [1.165, 1.54) is 5.49 Å². The first kappa shape index (κ1) is 25.5. The molecule has 2 rings (SSSR count). The van der Waals surface area contributed by atoms with Crippen LogP contribution >= 0.6 is 9.77 Å². The molecular weight excluding hydrogens is 371 g/mol. The first-order valence-electron chi connectivity index (χ1n) is 7.33. The van der Waals surface area contributed by atoms with Crippen molar-refractivity contribution in [3.63, 3.8) is 0 Å². The van der Waals surface area contributed by atoms with Crippen LogP contribution in [0.1, 0.15) is 13.0 Å². The Labute approximate surface area is 178 Å². The summed E-state index contributed by atoms with van der Waals surface area (Å²) < 4.78 is 24.9. The van der Waals surface area contributed by atoms with Crippen LogP contribution in [0.5, 0.6) is 11.5 Å². The fourth-order valence-electron chi connectivity index (χ4n) is 2.65. The summed E-state index contributed by atoms with van der Waals surface area (Å²) in [6.07, 6.45) is 0. The molecule has 0 saturated carbocycles. The minimum absolute atomic E-state index is 0. The van der Waals surface area contributed by atoms with E-state index in [9.17, 15) is 9.81 Å². The smallest absolute Gasteiger partial charge is 0.691 e. The van der Waals surface area contributed by atoms with Gasteiger partial charge in [-0.1, -0.05) is 7.43 Å². The molecule has 0 aliphatic carbocycles. The van der Waals surface area contributed by atoms with Crippen LogP contribution in [0, 0.1) is 6.92 Å². The number of nitrogens with zero attached hydrogens (tertiary/aromatic N) is 2. The third-order valence-corrected chi connectivity index (χ3v) is 4.73. The Bertz CT molecular complexity index is 686. The van der Waals surface area contributed by atoms with Crippen LogP contribution in [-0.4, -0.2) is 61.2 Å². The average molecular weight is 398 g/mol. The van der Waals surface area contributed by atoms with E-state index >= 15 is 0 Å². The van der Waals surface area contributed by atoms with Gasteiger partial charge in [-0.3, -0.25) is 9.94 Å². The molecule has 8 nitrogen and oxygen atoms in total. The molecule has 1 atom stereocenters. The molecule has 1 aliphatic rings. The Hall–Kier alpha value is -0.490. The van der Waals surface area contributed by atoms with E-state index in [1.807, 2.05) is 24.0 Å². The van der Waals surface area contributed by atoms with E-state index < -0.39 is 9.77 Å². The predicted molar refractivity (Wildman–Crippen MR) is 100 cm³/mol. The molecule has 1 fully saturated rings. The fraction of sp³-hybridized carbons (Fsp3) is 0.500. The number of rotatable bonds is 6. The Kier molecular flexibility index (Phi) is 11.2. The molecule has 0 spiro atoms. The molecule has 10 heteroatoms. The SMILES string of the molecule is C.C=S(O)(=CN1CCN(c2cc(OC)c(C)cc2OC)CC1)OO[O-].[Na+]. The normalized spacial score (nSPS) is 16.7. The van der Waals surface area contributed by atoms with Crippen molar-refractivity contribution >= 4 is 26.8 Å². The monoisotopic (exact) mass is 398 g/mol. The van der Waals surface area contributed by atoms with Gasteiger partial charge in [-0.25, -0.2) is 0 Å². The van der Waals surface area contributed by atoms with Crippen molar-refractivity contribution in [2.24, 2.45) is 0 Å². The van der Waals surface area contributed by atoms with Gasteiger partial charge in [0.2, 0.25) is 0 Å². The van der Waals surface area contributed by atoms with Gasteiger partial charge in [-0.15, -0.1) is 0 Å². The molecule has 1 unspecified atom stereocenters. The van der Waals surface area contributed by atoms with Gasteiger partial charge < -0.3 is 24.2 Å². The molecule has 1 aromatic carbocycles. The number of hydrogen-bond acceptors (Lipinski definition) is 7. The molecule has 0 amide bonds. The van der Waals surface area contributed by atoms with Gasteiger partial charge in [-0.2, -0.15) is 4.33 Å². The molecule has 0 radical (unpaired) electrons. The molecule has 0 bridgehead atoms. The third kappa shape index (κ3) is 6.59. The zero-order chi connectivity index (χ0) is 17.7. The molecule has 26 heavy (non-hydrogen) atoms. The molecular formula is C16H27N2NaO6S. The topological polar surface area (TPSA) is 86.7 Å². The van der Waals surface area contributed by atoms with E-state index in [0.29, 0.717) is 26.2 Å². The second-order valence-corrected chi connectivity index (χ2v) is 7.17. The fourth-order valence-corrected chi connectivity index (χ4v) is 3.46. The second-order valence-electron chi connectivity index (χ2n) is 5.45. The van der Waals surface area contributed by atoms with Crippen molar-refractivity contribution in [1.29, 1.82) is 0 Å². The summed E-state index contributed by atoms with van der Waals surface area (Å²) >= 11 is 0. The minimum Gasteiger partial charge on any atom is -0.691 e. The van der Waals surface area contributed by atoms with Crippen LogP contribution in [-0.2, 0) is 9.37 Å². The van der Waals surface area contributed by atoms with E-state index in [4.69, 9.17) is 9.47 Å². The second kappa shape index (κ2) is 11.4. The van der Waals surface area contributed by atoms with E-state index in [-0.39, 0.29) is 37.0 Å². The number of anilines is 1. The van der Waals surface area contributed by atoms with Crippen LogP contribution in [0.2, 0.25) is 0 Å². The maximum Gasteiger partial charge on any atom is 1.00 e. The van der Waals surface area contributed by atoms with Crippen molar-refractivity contribution < 1.29 is 58.2 Å². The number of ether oxygens (including phenoxy) is 2. The van der Waals surface area contributed by atoms with Gasteiger partial charge in [0.05, 0.1) is 25.4 Å². The van der Waals surface area contributed by atoms with Crippen LogP contribution in [0.4, 0.5) is 5.69 Å². The van der Waals surface area contributed by atoms with Crippen molar-refractivity contribution in [2.45, 2.75) is 14.4 Å². The van der Waals surface area contributed by atoms with Crippen molar-refractivity contribution in [3.05, 3.63) is 17.7 Å². The van der Waals surface area contributed by atoms with E-state index in [0.717, 1.165) is 22.7 Å². The number of methoxy groups -OCH3 is 2. The zero-order valence-corrected chi connectivity index (χ0v) is 17.9.